The van der Waals surface area contributed by atoms with Crippen LogP contribution in [0.2, 0.25) is 0 Å². The molecule has 2 aromatic rings. The first kappa shape index (κ1) is 20.4. The van der Waals surface area contributed by atoms with Crippen LogP contribution in [-0.2, 0) is 25.1 Å². The van der Waals surface area contributed by atoms with E-state index in [2.05, 4.69) is 10.6 Å². The molecule has 6 nitrogen and oxygen atoms in total. The molecule has 3 rings (SSSR count). The summed E-state index contributed by atoms with van der Waals surface area (Å²) in [4.78, 5) is 12.5. The highest BCUT2D eigenvalue weighted by Crippen LogP contribution is 2.19. The van der Waals surface area contributed by atoms with Gasteiger partial charge in [-0.25, -0.2) is 8.42 Å². The second-order valence-electron chi connectivity index (χ2n) is 5.84. The van der Waals surface area contributed by atoms with Gasteiger partial charge in [-0.15, -0.1) is 12.4 Å². The second-order valence-corrected chi connectivity index (χ2v) is 7.83. The summed E-state index contributed by atoms with van der Waals surface area (Å²) < 4.78 is 30.2. The SMILES string of the molecule is Cl.O=C(Nc1cccc(CS(=O)(=O)c2ccccc2)c1)C1COCCN1. The summed E-state index contributed by atoms with van der Waals surface area (Å²) in [6.07, 6.45) is 0. The second kappa shape index (κ2) is 9.14. The van der Waals surface area contributed by atoms with E-state index in [4.69, 9.17) is 4.74 Å². The Morgan fingerprint density at radius 1 is 1.15 bits per heavy atom. The lowest BCUT2D eigenvalue weighted by molar-refractivity contribution is -0.120. The topological polar surface area (TPSA) is 84.5 Å². The molecule has 0 saturated carbocycles. The van der Waals surface area contributed by atoms with E-state index < -0.39 is 15.9 Å². The Labute approximate surface area is 159 Å². The van der Waals surface area contributed by atoms with Crippen LogP contribution in [0.15, 0.2) is 59.5 Å². The number of rotatable bonds is 5. The molecule has 0 aliphatic carbocycles. The maximum atomic E-state index is 12.5. The smallest absolute Gasteiger partial charge is 0.243 e. The molecule has 0 radical (unpaired) electrons. The minimum atomic E-state index is -3.42. The number of sulfone groups is 1. The fraction of sp³-hybridized carbons (Fsp3) is 0.278. The molecule has 140 valence electrons. The van der Waals surface area contributed by atoms with Crippen LogP contribution in [0.5, 0.6) is 0 Å². The minimum Gasteiger partial charge on any atom is -0.378 e. The van der Waals surface area contributed by atoms with Crippen molar-refractivity contribution in [2.75, 3.05) is 25.1 Å². The molecule has 1 saturated heterocycles. The Balaban J connectivity index is 0.00000243. The molecule has 26 heavy (non-hydrogen) atoms. The van der Waals surface area contributed by atoms with E-state index >= 15 is 0 Å². The molecule has 1 fully saturated rings. The highest BCUT2D eigenvalue weighted by molar-refractivity contribution is 7.90. The van der Waals surface area contributed by atoms with E-state index in [0.29, 0.717) is 31.0 Å². The van der Waals surface area contributed by atoms with Gasteiger partial charge in [0.1, 0.15) is 6.04 Å². The van der Waals surface area contributed by atoms with Crippen LogP contribution in [0.4, 0.5) is 5.69 Å². The molecule has 1 heterocycles. The summed E-state index contributed by atoms with van der Waals surface area (Å²) in [5.74, 6) is -0.311. The fourth-order valence-corrected chi connectivity index (χ4v) is 3.99. The molecule has 2 aromatic carbocycles. The summed E-state index contributed by atoms with van der Waals surface area (Å²) in [6.45, 7) is 1.55. The highest BCUT2D eigenvalue weighted by Gasteiger charge is 2.21. The summed E-state index contributed by atoms with van der Waals surface area (Å²) in [5, 5.41) is 5.88. The third kappa shape index (κ3) is 5.28. The van der Waals surface area contributed by atoms with Crippen LogP contribution >= 0.6 is 12.4 Å². The molecular weight excluding hydrogens is 376 g/mol. The van der Waals surface area contributed by atoms with Crippen molar-refractivity contribution in [2.24, 2.45) is 0 Å². The van der Waals surface area contributed by atoms with Crippen molar-refractivity contribution >= 4 is 33.8 Å². The monoisotopic (exact) mass is 396 g/mol. The molecule has 1 aliphatic heterocycles. The molecule has 1 aliphatic rings. The first-order valence-electron chi connectivity index (χ1n) is 8.03. The molecule has 0 spiro atoms. The average molecular weight is 397 g/mol. The van der Waals surface area contributed by atoms with Gasteiger partial charge >= 0.3 is 0 Å². The van der Waals surface area contributed by atoms with Gasteiger partial charge in [-0.05, 0) is 29.8 Å². The van der Waals surface area contributed by atoms with Gasteiger partial charge in [0.25, 0.3) is 0 Å². The zero-order valence-corrected chi connectivity index (χ0v) is 15.7. The number of amides is 1. The lowest BCUT2D eigenvalue weighted by Gasteiger charge is -2.23. The Kier molecular flexibility index (Phi) is 7.16. The number of hydrogen-bond donors (Lipinski definition) is 2. The van der Waals surface area contributed by atoms with Crippen molar-refractivity contribution < 1.29 is 17.9 Å². The molecule has 0 aromatic heterocycles. The Bertz CT molecular complexity index is 837. The van der Waals surface area contributed by atoms with Gasteiger partial charge in [-0.2, -0.15) is 0 Å². The van der Waals surface area contributed by atoms with Crippen LogP contribution in [0.25, 0.3) is 0 Å². The third-order valence-electron chi connectivity index (χ3n) is 3.89. The van der Waals surface area contributed by atoms with E-state index in [1.807, 2.05) is 0 Å². The zero-order valence-electron chi connectivity index (χ0n) is 14.1. The van der Waals surface area contributed by atoms with Gasteiger partial charge < -0.3 is 15.4 Å². The van der Waals surface area contributed by atoms with Crippen molar-refractivity contribution in [1.29, 1.82) is 0 Å². The number of anilines is 1. The number of hydrogen-bond acceptors (Lipinski definition) is 5. The number of morpholine rings is 1. The van der Waals surface area contributed by atoms with Crippen molar-refractivity contribution in [3.8, 4) is 0 Å². The van der Waals surface area contributed by atoms with Gasteiger partial charge in [0.15, 0.2) is 9.84 Å². The maximum Gasteiger partial charge on any atom is 0.243 e. The Hall–Kier alpha value is -1.93. The maximum absolute atomic E-state index is 12.5. The van der Waals surface area contributed by atoms with E-state index in [1.54, 1.807) is 54.6 Å². The van der Waals surface area contributed by atoms with E-state index in [1.165, 1.54) is 0 Å². The van der Waals surface area contributed by atoms with Gasteiger partial charge in [0, 0.05) is 12.2 Å². The number of halogens is 1. The normalized spacial score (nSPS) is 17.2. The predicted octanol–water partition coefficient (Wildman–Crippen LogP) is 2.01. The molecule has 8 heteroatoms. The molecule has 2 N–H and O–H groups in total. The molecule has 0 bridgehead atoms. The van der Waals surface area contributed by atoms with Crippen LogP contribution in [0.1, 0.15) is 5.56 Å². The molecule has 1 atom stereocenters. The van der Waals surface area contributed by atoms with Gasteiger partial charge in [0.2, 0.25) is 5.91 Å². The number of carbonyl (C=O) groups excluding carboxylic acids is 1. The molecule has 1 unspecified atom stereocenters. The van der Waals surface area contributed by atoms with Gasteiger partial charge in [-0.3, -0.25) is 4.79 Å². The van der Waals surface area contributed by atoms with E-state index in [-0.39, 0.29) is 29.0 Å². The number of ether oxygens (including phenoxy) is 1. The summed E-state index contributed by atoms with van der Waals surface area (Å²) in [5.41, 5.74) is 1.19. The van der Waals surface area contributed by atoms with Crippen LogP contribution in [0.3, 0.4) is 0 Å². The van der Waals surface area contributed by atoms with Crippen molar-refractivity contribution in [3.63, 3.8) is 0 Å². The van der Waals surface area contributed by atoms with Crippen molar-refractivity contribution in [3.05, 3.63) is 60.2 Å². The largest absolute Gasteiger partial charge is 0.378 e. The van der Waals surface area contributed by atoms with Gasteiger partial charge in [-0.1, -0.05) is 30.3 Å². The first-order chi connectivity index (χ1) is 12.0. The number of nitrogens with one attached hydrogen (secondary N) is 2. The van der Waals surface area contributed by atoms with Crippen LogP contribution in [0, 0.1) is 0 Å². The Morgan fingerprint density at radius 2 is 1.92 bits per heavy atom. The zero-order chi connectivity index (χ0) is 17.7. The van der Waals surface area contributed by atoms with Crippen LogP contribution in [-0.4, -0.2) is 40.1 Å². The molecule has 1 amide bonds. The first-order valence-corrected chi connectivity index (χ1v) is 9.68. The highest BCUT2D eigenvalue weighted by atomic mass is 35.5. The van der Waals surface area contributed by atoms with E-state index in [0.717, 1.165) is 0 Å². The summed E-state index contributed by atoms with van der Waals surface area (Å²) in [6, 6.07) is 14.8. The molecular formula is C18H21ClN2O4S. The van der Waals surface area contributed by atoms with E-state index in [9.17, 15) is 13.2 Å². The number of carbonyl (C=O) groups is 1. The summed E-state index contributed by atoms with van der Waals surface area (Å²) >= 11 is 0. The average Bonchev–Trinajstić information content (AvgIpc) is 2.63. The van der Waals surface area contributed by atoms with Crippen LogP contribution < -0.4 is 10.6 Å². The lowest BCUT2D eigenvalue weighted by atomic mass is 10.2. The lowest BCUT2D eigenvalue weighted by Crippen LogP contribution is -2.48. The predicted molar refractivity (Wildman–Crippen MR) is 102 cm³/mol. The van der Waals surface area contributed by atoms with Crippen molar-refractivity contribution in [1.82, 2.24) is 5.32 Å². The quantitative estimate of drug-likeness (QED) is 0.807. The fourth-order valence-electron chi connectivity index (χ4n) is 2.63. The Morgan fingerprint density at radius 3 is 2.62 bits per heavy atom. The third-order valence-corrected chi connectivity index (χ3v) is 5.60. The minimum absolute atomic E-state index is 0. The van der Waals surface area contributed by atoms with Gasteiger partial charge in [0.05, 0.1) is 23.9 Å². The van der Waals surface area contributed by atoms with Crippen molar-refractivity contribution in [2.45, 2.75) is 16.7 Å². The standard InChI is InChI=1S/C18H20N2O4S.ClH/c21-18(17-12-24-10-9-19-17)20-15-6-4-5-14(11-15)13-25(22,23)16-7-2-1-3-8-16;/h1-8,11,17,19H,9-10,12-13H2,(H,20,21);1H. The number of benzene rings is 2. The summed E-state index contributed by atoms with van der Waals surface area (Å²) in [7, 11) is -3.42.